The molecular weight excluding hydrogens is 544 g/mol. The zero-order valence-electron chi connectivity index (χ0n) is 25.4. The zero-order valence-corrected chi connectivity index (χ0v) is 25.4. The third kappa shape index (κ3) is 4.83. The molecule has 0 atom stereocenters. The lowest BCUT2D eigenvalue weighted by Gasteiger charge is -2.37. The zero-order chi connectivity index (χ0) is 30.6. The molecule has 0 fully saturated rings. The van der Waals surface area contributed by atoms with Crippen LogP contribution in [0.15, 0.2) is 115 Å². The highest BCUT2D eigenvalue weighted by Gasteiger charge is 2.35. The molecule has 0 unspecified atom stereocenters. The van der Waals surface area contributed by atoms with Gasteiger partial charge in [0.25, 0.3) is 0 Å². The first kappa shape index (κ1) is 28.2. The number of aliphatic hydroxyl groups is 1. The van der Waals surface area contributed by atoms with Gasteiger partial charge in [0.05, 0.1) is 22.4 Å². The van der Waals surface area contributed by atoms with Crippen molar-refractivity contribution in [1.29, 1.82) is 0 Å². The van der Waals surface area contributed by atoms with Crippen molar-refractivity contribution in [3.63, 3.8) is 0 Å². The molecule has 0 aliphatic heterocycles. The van der Waals surface area contributed by atoms with Gasteiger partial charge in [0, 0.05) is 21.7 Å². The predicted octanol–water partition coefficient (Wildman–Crippen LogP) is 8.71. The molecule has 6 aromatic carbocycles. The molecule has 0 saturated heterocycles. The number of hydrogen-bond donors (Lipinski definition) is 1. The van der Waals surface area contributed by atoms with E-state index in [-0.39, 0.29) is 5.82 Å². The second kappa shape index (κ2) is 10.5. The molecule has 0 amide bonds. The van der Waals surface area contributed by atoms with Crippen molar-refractivity contribution in [3.8, 4) is 22.4 Å². The van der Waals surface area contributed by atoms with Gasteiger partial charge in [-0.2, -0.15) is 0 Å². The summed E-state index contributed by atoms with van der Waals surface area (Å²) in [6, 6.07) is 38.4. The van der Waals surface area contributed by atoms with Gasteiger partial charge >= 0.3 is 7.48 Å². The monoisotopic (exact) mass is 577 g/mol. The summed E-state index contributed by atoms with van der Waals surface area (Å²) in [7, 11) is 0.384. The summed E-state index contributed by atoms with van der Waals surface area (Å²) in [6.45, 7) is 7.34. The summed E-state index contributed by atoms with van der Waals surface area (Å²) in [5.41, 5.74) is 4.02. The predicted molar refractivity (Wildman–Crippen MR) is 183 cm³/mol. The lowest BCUT2D eigenvalue weighted by molar-refractivity contribution is -0.0893. The van der Waals surface area contributed by atoms with E-state index in [4.69, 9.17) is 9.64 Å². The second-order valence-electron chi connectivity index (χ2n) is 12.6. The summed E-state index contributed by atoms with van der Waals surface area (Å²) in [6.07, 6.45) is 0. The fourth-order valence-electron chi connectivity index (χ4n) is 5.96. The normalized spacial score (nSPS) is 12.4. The Morgan fingerprint density at radius 1 is 0.614 bits per heavy atom. The molecule has 0 radical (unpaired) electrons. The lowest BCUT2D eigenvalue weighted by Crippen LogP contribution is -2.49. The third-order valence-corrected chi connectivity index (χ3v) is 9.12. The van der Waals surface area contributed by atoms with Gasteiger partial charge in [-0.25, -0.2) is 9.37 Å². The number of hydrogen-bond acceptors (Lipinski definition) is 3. The highest BCUT2D eigenvalue weighted by molar-refractivity contribution is 6.47. The molecule has 0 spiro atoms. The minimum absolute atomic E-state index is 0.272. The van der Waals surface area contributed by atoms with E-state index in [0.29, 0.717) is 7.48 Å². The number of pyridine rings is 1. The molecule has 0 aliphatic carbocycles. The molecule has 1 aromatic heterocycles. The van der Waals surface area contributed by atoms with Crippen molar-refractivity contribution >= 4 is 56.2 Å². The standard InChI is InChI=1S/C39H33BFNO2/c1-38(2,43)39(3,4)44-40-27-11-9-10-25(22-27)26-18-21-33-34(23-26)42-37(24-16-19-28(41)20-17-24)36-32-15-8-6-13-30(32)29-12-5-7-14-31(29)35(33)36/h5-23,40,43H,1-4H3. The van der Waals surface area contributed by atoms with Crippen LogP contribution < -0.4 is 5.46 Å². The summed E-state index contributed by atoms with van der Waals surface area (Å²) in [5, 5.41) is 18.5. The van der Waals surface area contributed by atoms with Crippen LogP contribution in [0.5, 0.6) is 0 Å². The minimum atomic E-state index is -0.977. The number of fused-ring (bicyclic) bond motifs is 8. The van der Waals surface area contributed by atoms with Gasteiger partial charge in [0.2, 0.25) is 0 Å². The van der Waals surface area contributed by atoms with E-state index in [1.807, 2.05) is 38.1 Å². The van der Waals surface area contributed by atoms with Crippen LogP contribution in [0.25, 0.3) is 65.6 Å². The van der Waals surface area contributed by atoms with E-state index >= 15 is 0 Å². The Morgan fingerprint density at radius 2 is 1.20 bits per heavy atom. The molecule has 44 heavy (non-hydrogen) atoms. The van der Waals surface area contributed by atoms with Crippen LogP contribution in [0.2, 0.25) is 0 Å². The van der Waals surface area contributed by atoms with Crippen LogP contribution in [-0.2, 0) is 4.65 Å². The van der Waals surface area contributed by atoms with Gasteiger partial charge in [-0.15, -0.1) is 0 Å². The first-order valence-corrected chi connectivity index (χ1v) is 15.0. The molecule has 7 rings (SSSR count). The Balaban J connectivity index is 1.45. The topological polar surface area (TPSA) is 42.4 Å². The van der Waals surface area contributed by atoms with Gasteiger partial charge in [-0.05, 0) is 90.7 Å². The number of benzene rings is 6. The number of nitrogens with zero attached hydrogens (tertiary/aromatic N) is 1. The van der Waals surface area contributed by atoms with Gasteiger partial charge in [-0.3, -0.25) is 0 Å². The van der Waals surface area contributed by atoms with Crippen LogP contribution in [0.3, 0.4) is 0 Å². The van der Waals surface area contributed by atoms with E-state index in [1.165, 1.54) is 28.3 Å². The van der Waals surface area contributed by atoms with E-state index in [1.54, 1.807) is 13.8 Å². The summed E-state index contributed by atoms with van der Waals surface area (Å²) < 4.78 is 20.2. The van der Waals surface area contributed by atoms with Crippen molar-refractivity contribution in [2.75, 3.05) is 0 Å². The van der Waals surface area contributed by atoms with Crippen molar-refractivity contribution in [2.45, 2.75) is 38.9 Å². The SMILES string of the molecule is CC(C)(O)C(C)(C)OBc1cccc(-c2ccc3c(c2)nc(-c2ccc(F)cc2)c2c4ccccc4c4ccccc4c32)c1. The van der Waals surface area contributed by atoms with Crippen molar-refractivity contribution in [3.05, 3.63) is 121 Å². The molecule has 1 heterocycles. The minimum Gasteiger partial charge on any atom is -0.427 e. The maximum Gasteiger partial charge on any atom is 0.309 e. The molecule has 7 aromatic rings. The fourth-order valence-corrected chi connectivity index (χ4v) is 5.96. The van der Waals surface area contributed by atoms with Gasteiger partial charge in [-0.1, -0.05) is 90.4 Å². The molecule has 1 N–H and O–H groups in total. The molecule has 0 saturated carbocycles. The van der Waals surface area contributed by atoms with Gasteiger partial charge in [0.1, 0.15) is 5.82 Å². The molecule has 3 nitrogen and oxygen atoms in total. The quantitative estimate of drug-likeness (QED) is 0.159. The summed E-state index contributed by atoms with van der Waals surface area (Å²) in [5.74, 6) is -0.272. The smallest absolute Gasteiger partial charge is 0.309 e. The number of aromatic nitrogens is 1. The van der Waals surface area contributed by atoms with Crippen LogP contribution in [0.4, 0.5) is 4.39 Å². The first-order valence-electron chi connectivity index (χ1n) is 15.0. The summed E-state index contributed by atoms with van der Waals surface area (Å²) in [4.78, 5) is 5.29. The highest BCUT2D eigenvalue weighted by atomic mass is 19.1. The average Bonchev–Trinajstić information content (AvgIpc) is 3.03. The maximum atomic E-state index is 14.0. The Kier molecular flexibility index (Phi) is 6.76. The Morgan fingerprint density at radius 3 is 1.86 bits per heavy atom. The first-order chi connectivity index (χ1) is 21.1. The van der Waals surface area contributed by atoms with E-state index in [9.17, 15) is 9.50 Å². The average molecular weight is 578 g/mol. The molecule has 0 aliphatic rings. The van der Waals surface area contributed by atoms with Crippen LogP contribution in [-0.4, -0.2) is 28.8 Å². The van der Waals surface area contributed by atoms with Crippen LogP contribution in [0, 0.1) is 5.82 Å². The van der Waals surface area contributed by atoms with Crippen molar-refractivity contribution in [1.82, 2.24) is 4.98 Å². The molecule has 0 bridgehead atoms. The van der Waals surface area contributed by atoms with Crippen LogP contribution in [0.1, 0.15) is 27.7 Å². The molecule has 216 valence electrons. The molecular formula is C39H33BFNO2. The lowest BCUT2D eigenvalue weighted by atomic mass is 9.81. The Hall–Kier alpha value is -4.58. The second-order valence-corrected chi connectivity index (χ2v) is 12.6. The highest BCUT2D eigenvalue weighted by Crippen LogP contribution is 2.43. The van der Waals surface area contributed by atoms with E-state index in [0.717, 1.165) is 54.9 Å². The maximum absolute atomic E-state index is 14.0. The van der Waals surface area contributed by atoms with E-state index < -0.39 is 11.2 Å². The van der Waals surface area contributed by atoms with Crippen LogP contribution >= 0.6 is 0 Å². The van der Waals surface area contributed by atoms with Crippen molar-refractivity contribution in [2.24, 2.45) is 0 Å². The Labute approximate surface area is 257 Å². The van der Waals surface area contributed by atoms with Gasteiger partial charge < -0.3 is 9.76 Å². The largest absolute Gasteiger partial charge is 0.427 e. The number of halogens is 1. The summed E-state index contributed by atoms with van der Waals surface area (Å²) >= 11 is 0. The fraction of sp³-hybridized carbons (Fsp3) is 0.154. The van der Waals surface area contributed by atoms with Gasteiger partial charge in [0.15, 0.2) is 0 Å². The van der Waals surface area contributed by atoms with E-state index in [2.05, 4.69) is 78.9 Å². The molecule has 5 heteroatoms. The Bertz CT molecular complexity index is 2200. The third-order valence-electron chi connectivity index (χ3n) is 9.12. The number of rotatable bonds is 6. The van der Waals surface area contributed by atoms with Crippen molar-refractivity contribution < 1.29 is 14.2 Å².